The molecule has 0 radical (unpaired) electrons. The Hall–Kier alpha value is -0.790. The van der Waals surface area contributed by atoms with Crippen molar-refractivity contribution >= 4 is 5.97 Å². The zero-order valence-electron chi connectivity index (χ0n) is 13.0. The number of hydrogen-bond acceptors (Lipinski definition) is 2. The summed E-state index contributed by atoms with van der Waals surface area (Å²) in [7, 11) is 0. The van der Waals surface area contributed by atoms with Gasteiger partial charge >= 0.3 is 5.97 Å². The first-order chi connectivity index (χ1) is 9.49. The van der Waals surface area contributed by atoms with Crippen LogP contribution in [0, 0.1) is 23.2 Å². The Labute approximate surface area is 123 Å². The van der Waals surface area contributed by atoms with Crippen LogP contribution in [0.4, 0.5) is 0 Å². The molecule has 3 rings (SSSR count). The third-order valence-electron chi connectivity index (χ3n) is 6.40. The summed E-state index contributed by atoms with van der Waals surface area (Å²) in [4.78, 5) is 11.7. The molecule has 2 aliphatic carbocycles. The summed E-state index contributed by atoms with van der Waals surface area (Å²) in [5, 5.41) is 0. The first-order valence-electron chi connectivity index (χ1n) is 8.38. The summed E-state index contributed by atoms with van der Waals surface area (Å²) in [6.45, 7) is 8.70. The van der Waals surface area contributed by atoms with Crippen LogP contribution in [0.3, 0.4) is 0 Å². The largest absolute Gasteiger partial charge is 0.462 e. The summed E-state index contributed by atoms with van der Waals surface area (Å²) >= 11 is 0. The Morgan fingerprint density at radius 1 is 1.30 bits per heavy atom. The van der Waals surface area contributed by atoms with Crippen LogP contribution < -0.4 is 0 Å². The van der Waals surface area contributed by atoms with E-state index >= 15 is 0 Å². The molecule has 1 aliphatic heterocycles. The van der Waals surface area contributed by atoms with Crippen LogP contribution in [0.25, 0.3) is 0 Å². The molecule has 5 unspecified atom stereocenters. The normalized spacial score (nSPS) is 45.1. The number of allylic oxidation sites excluding steroid dienone is 1. The number of hydrogen-bond donors (Lipinski definition) is 0. The second-order valence-electron chi connectivity index (χ2n) is 7.67. The fourth-order valence-corrected chi connectivity index (χ4v) is 4.67. The van der Waals surface area contributed by atoms with Gasteiger partial charge in [-0.05, 0) is 68.6 Å². The number of carbonyl (C=O) groups is 1. The highest BCUT2D eigenvalue weighted by Crippen LogP contribution is 2.56. The lowest BCUT2D eigenvalue weighted by molar-refractivity contribution is -0.160. The smallest absolute Gasteiger partial charge is 0.308 e. The summed E-state index contributed by atoms with van der Waals surface area (Å²) in [5.41, 5.74) is 1.90. The molecule has 2 saturated carbocycles. The fourth-order valence-electron chi connectivity index (χ4n) is 4.67. The second kappa shape index (κ2) is 5.20. The zero-order valence-corrected chi connectivity index (χ0v) is 13.0. The Balaban J connectivity index is 1.56. The molecule has 0 aromatic rings. The molecule has 20 heavy (non-hydrogen) atoms. The van der Waals surface area contributed by atoms with Gasteiger partial charge in [-0.1, -0.05) is 26.0 Å². The lowest BCUT2D eigenvalue weighted by Crippen LogP contribution is -2.35. The van der Waals surface area contributed by atoms with Crippen molar-refractivity contribution in [2.24, 2.45) is 23.2 Å². The molecule has 0 N–H and O–H groups in total. The molecule has 112 valence electrons. The van der Waals surface area contributed by atoms with Crippen LogP contribution in [0.15, 0.2) is 12.2 Å². The highest BCUT2D eigenvalue weighted by Gasteiger charge is 2.45. The monoisotopic (exact) mass is 276 g/mol. The van der Waals surface area contributed by atoms with E-state index in [1.165, 1.54) is 37.7 Å². The van der Waals surface area contributed by atoms with Crippen molar-refractivity contribution in [2.75, 3.05) is 0 Å². The molecule has 0 aromatic heterocycles. The zero-order chi connectivity index (χ0) is 14.3. The summed E-state index contributed by atoms with van der Waals surface area (Å²) in [6.07, 6.45) is 9.81. The van der Waals surface area contributed by atoms with Gasteiger partial charge in [-0.2, -0.15) is 0 Å². The van der Waals surface area contributed by atoms with Gasteiger partial charge < -0.3 is 4.74 Å². The van der Waals surface area contributed by atoms with Gasteiger partial charge in [0.05, 0.1) is 5.92 Å². The van der Waals surface area contributed by atoms with Crippen molar-refractivity contribution in [3.63, 3.8) is 0 Å². The number of carbonyl (C=O) groups excluding carboxylic acids is 1. The van der Waals surface area contributed by atoms with Gasteiger partial charge in [0, 0.05) is 0 Å². The van der Waals surface area contributed by atoms with E-state index in [0.717, 1.165) is 31.1 Å². The minimum absolute atomic E-state index is 0.0242. The standard InChI is InChI=1S/C18H28O2/c1-12-4-7-16(20-17(12)19)11-14-8-9-18(3)13(2)5-6-15(18)10-14/h12,14-16H,2,4-11H2,1,3H3. The van der Waals surface area contributed by atoms with Gasteiger partial charge in [-0.3, -0.25) is 4.79 Å². The van der Waals surface area contributed by atoms with Gasteiger partial charge in [0.15, 0.2) is 0 Å². The number of ether oxygens (including phenoxy) is 1. The number of cyclic esters (lactones) is 1. The van der Waals surface area contributed by atoms with E-state index in [1.54, 1.807) is 0 Å². The van der Waals surface area contributed by atoms with Crippen molar-refractivity contribution in [2.45, 2.75) is 71.3 Å². The van der Waals surface area contributed by atoms with E-state index < -0.39 is 0 Å². The molecular formula is C18H28O2. The topological polar surface area (TPSA) is 26.3 Å². The predicted molar refractivity (Wildman–Crippen MR) is 80.2 cm³/mol. The first kappa shape index (κ1) is 14.2. The Morgan fingerprint density at radius 2 is 2.10 bits per heavy atom. The maximum atomic E-state index is 11.7. The molecular weight excluding hydrogens is 248 g/mol. The quantitative estimate of drug-likeness (QED) is 0.548. The van der Waals surface area contributed by atoms with E-state index in [1.807, 2.05) is 6.92 Å². The maximum Gasteiger partial charge on any atom is 0.308 e. The van der Waals surface area contributed by atoms with E-state index in [0.29, 0.717) is 5.41 Å². The minimum Gasteiger partial charge on any atom is -0.462 e. The molecule has 0 aromatic carbocycles. The van der Waals surface area contributed by atoms with Crippen molar-refractivity contribution in [3.05, 3.63) is 12.2 Å². The van der Waals surface area contributed by atoms with Crippen molar-refractivity contribution < 1.29 is 9.53 Å². The van der Waals surface area contributed by atoms with Crippen LogP contribution >= 0.6 is 0 Å². The van der Waals surface area contributed by atoms with Gasteiger partial charge in [-0.15, -0.1) is 0 Å². The van der Waals surface area contributed by atoms with E-state index in [-0.39, 0.29) is 18.0 Å². The van der Waals surface area contributed by atoms with Gasteiger partial charge in [-0.25, -0.2) is 0 Å². The fraction of sp³-hybridized carbons (Fsp3) is 0.833. The molecule has 0 amide bonds. The summed E-state index contributed by atoms with van der Waals surface area (Å²) in [6, 6.07) is 0. The summed E-state index contributed by atoms with van der Waals surface area (Å²) in [5.74, 6) is 1.72. The highest BCUT2D eigenvalue weighted by atomic mass is 16.5. The lowest BCUT2D eigenvalue weighted by atomic mass is 9.64. The SMILES string of the molecule is C=C1CCC2CC(CC3CCC(C)C(=O)O3)CCC12C. The third-order valence-corrected chi connectivity index (χ3v) is 6.40. The molecule has 1 saturated heterocycles. The van der Waals surface area contributed by atoms with Crippen molar-refractivity contribution in [1.82, 2.24) is 0 Å². The second-order valence-corrected chi connectivity index (χ2v) is 7.67. The number of rotatable bonds is 2. The molecule has 0 bridgehead atoms. The van der Waals surface area contributed by atoms with E-state index in [9.17, 15) is 4.79 Å². The molecule has 1 heterocycles. The third kappa shape index (κ3) is 2.42. The average molecular weight is 276 g/mol. The molecule has 3 aliphatic rings. The molecule has 5 atom stereocenters. The Morgan fingerprint density at radius 3 is 2.85 bits per heavy atom. The van der Waals surface area contributed by atoms with Gasteiger partial charge in [0.25, 0.3) is 0 Å². The van der Waals surface area contributed by atoms with Gasteiger partial charge in [0.2, 0.25) is 0 Å². The lowest BCUT2D eigenvalue weighted by Gasteiger charge is -2.42. The minimum atomic E-state index is 0.0242. The van der Waals surface area contributed by atoms with E-state index in [2.05, 4.69) is 13.5 Å². The first-order valence-corrected chi connectivity index (χ1v) is 8.38. The number of fused-ring (bicyclic) bond motifs is 1. The maximum absolute atomic E-state index is 11.7. The number of esters is 1. The van der Waals surface area contributed by atoms with Gasteiger partial charge in [0.1, 0.15) is 6.10 Å². The van der Waals surface area contributed by atoms with Crippen LogP contribution in [0.5, 0.6) is 0 Å². The molecule has 2 heteroatoms. The van der Waals surface area contributed by atoms with Crippen molar-refractivity contribution in [1.29, 1.82) is 0 Å². The van der Waals surface area contributed by atoms with Crippen molar-refractivity contribution in [3.8, 4) is 0 Å². The predicted octanol–water partition coefficient (Wildman–Crippen LogP) is 4.49. The Bertz CT molecular complexity index is 414. The molecule has 2 nitrogen and oxygen atoms in total. The summed E-state index contributed by atoms with van der Waals surface area (Å²) < 4.78 is 5.60. The Kier molecular flexibility index (Phi) is 3.68. The average Bonchev–Trinajstić information content (AvgIpc) is 2.71. The van der Waals surface area contributed by atoms with E-state index in [4.69, 9.17) is 4.74 Å². The molecule has 0 spiro atoms. The van der Waals surface area contributed by atoms with Crippen LogP contribution in [0.2, 0.25) is 0 Å². The van der Waals surface area contributed by atoms with Crippen LogP contribution in [-0.4, -0.2) is 12.1 Å². The van der Waals surface area contributed by atoms with Crippen LogP contribution in [-0.2, 0) is 9.53 Å². The highest BCUT2D eigenvalue weighted by molar-refractivity contribution is 5.72. The van der Waals surface area contributed by atoms with Crippen LogP contribution in [0.1, 0.15) is 65.2 Å². The molecule has 3 fully saturated rings.